The van der Waals surface area contributed by atoms with Crippen molar-refractivity contribution in [3.05, 3.63) is 22.7 Å². The fourth-order valence-electron chi connectivity index (χ4n) is 1.36. The lowest BCUT2D eigenvalue weighted by molar-refractivity contribution is 0.112. The summed E-state index contributed by atoms with van der Waals surface area (Å²) in [4.78, 5) is 15.0. The Kier molecular flexibility index (Phi) is 2.21. The molecule has 1 heterocycles. The summed E-state index contributed by atoms with van der Waals surface area (Å²) in [6.07, 6.45) is 0.785. The zero-order valence-electron chi connectivity index (χ0n) is 7.90. The van der Waals surface area contributed by atoms with E-state index in [0.29, 0.717) is 11.3 Å². The van der Waals surface area contributed by atoms with Crippen molar-refractivity contribution < 1.29 is 9.53 Å². The maximum atomic E-state index is 10.7. The molecule has 0 radical (unpaired) electrons. The van der Waals surface area contributed by atoms with Crippen LogP contribution in [0.5, 0.6) is 5.75 Å². The fraction of sp³-hybridized carbons (Fsp3) is 0.200. The van der Waals surface area contributed by atoms with Crippen molar-refractivity contribution in [2.45, 2.75) is 6.92 Å². The monoisotopic (exact) mass is 207 g/mol. The van der Waals surface area contributed by atoms with Gasteiger partial charge in [0.1, 0.15) is 5.75 Å². The molecular formula is C10H9NO2S. The first-order valence-electron chi connectivity index (χ1n) is 4.15. The van der Waals surface area contributed by atoms with E-state index in [4.69, 9.17) is 4.74 Å². The molecule has 2 aromatic rings. The molecule has 0 aliphatic carbocycles. The second-order valence-electron chi connectivity index (χ2n) is 2.91. The number of nitrogens with zero attached hydrogens (tertiary/aromatic N) is 1. The predicted molar refractivity (Wildman–Crippen MR) is 56.3 cm³/mol. The van der Waals surface area contributed by atoms with Crippen molar-refractivity contribution in [3.63, 3.8) is 0 Å². The number of hydrogen-bond acceptors (Lipinski definition) is 4. The first kappa shape index (κ1) is 9.15. The number of rotatable bonds is 2. The number of aromatic nitrogens is 1. The minimum Gasteiger partial charge on any atom is -0.496 e. The summed E-state index contributed by atoms with van der Waals surface area (Å²) < 4.78 is 6.15. The Morgan fingerprint density at radius 2 is 2.29 bits per heavy atom. The Balaban J connectivity index is 2.74. The van der Waals surface area contributed by atoms with E-state index in [1.807, 2.05) is 13.0 Å². The van der Waals surface area contributed by atoms with E-state index in [2.05, 4.69) is 4.98 Å². The standard InChI is InChI=1S/C10H9NO2S/c1-6-11-8-3-7(5-12)9(13-2)4-10(8)14-6/h3-5H,1-2H3. The molecule has 0 aliphatic rings. The molecule has 0 N–H and O–H groups in total. The second-order valence-corrected chi connectivity index (χ2v) is 4.15. The van der Waals surface area contributed by atoms with Gasteiger partial charge in [-0.2, -0.15) is 0 Å². The maximum absolute atomic E-state index is 10.7. The van der Waals surface area contributed by atoms with Crippen LogP contribution < -0.4 is 4.74 Å². The van der Waals surface area contributed by atoms with Crippen molar-refractivity contribution in [3.8, 4) is 5.75 Å². The lowest BCUT2D eigenvalue weighted by Crippen LogP contribution is -1.89. The number of aldehydes is 1. The highest BCUT2D eigenvalue weighted by atomic mass is 32.1. The summed E-state index contributed by atoms with van der Waals surface area (Å²) in [5, 5.41) is 0.991. The van der Waals surface area contributed by atoms with Crippen molar-refractivity contribution >= 4 is 27.8 Å². The molecule has 0 spiro atoms. The normalized spacial score (nSPS) is 10.4. The molecule has 0 aliphatic heterocycles. The number of benzene rings is 1. The van der Waals surface area contributed by atoms with E-state index in [9.17, 15) is 4.79 Å². The molecule has 2 rings (SSSR count). The molecule has 4 heteroatoms. The Labute approximate surface area is 85.3 Å². The highest BCUT2D eigenvalue weighted by Gasteiger charge is 2.07. The maximum Gasteiger partial charge on any atom is 0.153 e. The zero-order valence-corrected chi connectivity index (χ0v) is 8.72. The Bertz CT molecular complexity index is 490. The number of carbonyl (C=O) groups excluding carboxylic acids is 1. The van der Waals surface area contributed by atoms with E-state index >= 15 is 0 Å². The number of methoxy groups -OCH3 is 1. The van der Waals surface area contributed by atoms with Crippen LogP contribution in [0.2, 0.25) is 0 Å². The minimum atomic E-state index is 0.547. The Morgan fingerprint density at radius 1 is 1.50 bits per heavy atom. The summed E-state index contributed by atoms with van der Waals surface area (Å²) in [5.41, 5.74) is 1.40. The highest BCUT2D eigenvalue weighted by Crippen LogP contribution is 2.28. The highest BCUT2D eigenvalue weighted by molar-refractivity contribution is 7.18. The van der Waals surface area contributed by atoms with E-state index in [-0.39, 0.29) is 0 Å². The van der Waals surface area contributed by atoms with Crippen molar-refractivity contribution in [2.24, 2.45) is 0 Å². The number of hydrogen-bond donors (Lipinski definition) is 0. The van der Waals surface area contributed by atoms with Gasteiger partial charge in [0.25, 0.3) is 0 Å². The van der Waals surface area contributed by atoms with Gasteiger partial charge in [-0.1, -0.05) is 0 Å². The van der Waals surface area contributed by atoms with Gasteiger partial charge >= 0.3 is 0 Å². The number of aryl methyl sites for hydroxylation is 1. The van der Waals surface area contributed by atoms with Crippen LogP contribution in [-0.2, 0) is 0 Å². The molecular weight excluding hydrogens is 198 g/mol. The zero-order chi connectivity index (χ0) is 10.1. The van der Waals surface area contributed by atoms with Crippen LogP contribution in [0.1, 0.15) is 15.4 Å². The summed E-state index contributed by atoms with van der Waals surface area (Å²) in [5.74, 6) is 0.608. The SMILES string of the molecule is COc1cc2sc(C)nc2cc1C=O. The molecule has 0 saturated heterocycles. The van der Waals surface area contributed by atoms with Crippen molar-refractivity contribution in [2.75, 3.05) is 7.11 Å². The molecule has 3 nitrogen and oxygen atoms in total. The molecule has 1 aromatic carbocycles. The quantitative estimate of drug-likeness (QED) is 0.710. The summed E-state index contributed by atoms with van der Waals surface area (Å²) in [6.45, 7) is 1.94. The summed E-state index contributed by atoms with van der Waals surface area (Å²) in [7, 11) is 1.56. The van der Waals surface area contributed by atoms with E-state index in [1.165, 1.54) is 0 Å². The number of thiazole rings is 1. The Hall–Kier alpha value is -1.42. The summed E-state index contributed by atoms with van der Waals surface area (Å²) in [6, 6.07) is 3.61. The van der Waals surface area contributed by atoms with E-state index in [0.717, 1.165) is 21.5 Å². The smallest absolute Gasteiger partial charge is 0.153 e. The lowest BCUT2D eigenvalue weighted by atomic mass is 10.2. The van der Waals surface area contributed by atoms with Crippen LogP contribution in [0, 0.1) is 6.92 Å². The van der Waals surface area contributed by atoms with Gasteiger partial charge in [0.05, 0.1) is 27.9 Å². The number of ether oxygens (including phenoxy) is 1. The first-order valence-corrected chi connectivity index (χ1v) is 4.96. The molecule has 0 fully saturated rings. The average Bonchev–Trinajstić information content (AvgIpc) is 2.54. The van der Waals surface area contributed by atoms with E-state index < -0.39 is 0 Å². The fourth-order valence-corrected chi connectivity index (χ4v) is 2.19. The van der Waals surface area contributed by atoms with Crippen LogP contribution in [0.3, 0.4) is 0 Å². The largest absolute Gasteiger partial charge is 0.496 e. The third kappa shape index (κ3) is 1.37. The van der Waals surface area contributed by atoms with Crippen LogP contribution in [0.4, 0.5) is 0 Å². The first-order chi connectivity index (χ1) is 6.74. The van der Waals surface area contributed by atoms with E-state index in [1.54, 1.807) is 24.5 Å². The van der Waals surface area contributed by atoms with Gasteiger partial charge in [-0.3, -0.25) is 4.79 Å². The van der Waals surface area contributed by atoms with Crippen LogP contribution in [0.25, 0.3) is 10.2 Å². The Morgan fingerprint density at radius 3 is 2.93 bits per heavy atom. The molecule has 72 valence electrons. The molecule has 0 amide bonds. The number of carbonyl (C=O) groups is 1. The van der Waals surface area contributed by atoms with Crippen LogP contribution in [-0.4, -0.2) is 18.4 Å². The molecule has 0 bridgehead atoms. The van der Waals surface area contributed by atoms with Crippen molar-refractivity contribution in [1.82, 2.24) is 4.98 Å². The third-order valence-electron chi connectivity index (χ3n) is 1.97. The minimum absolute atomic E-state index is 0.547. The van der Waals surface area contributed by atoms with Crippen molar-refractivity contribution in [1.29, 1.82) is 0 Å². The molecule has 14 heavy (non-hydrogen) atoms. The third-order valence-corrected chi connectivity index (χ3v) is 2.91. The molecule has 0 saturated carbocycles. The molecule has 0 unspecified atom stereocenters. The van der Waals surface area contributed by atoms with Gasteiger partial charge in [0, 0.05) is 6.07 Å². The van der Waals surface area contributed by atoms with Gasteiger partial charge in [0.15, 0.2) is 6.29 Å². The lowest BCUT2D eigenvalue weighted by Gasteiger charge is -2.01. The average molecular weight is 207 g/mol. The summed E-state index contributed by atoms with van der Waals surface area (Å²) >= 11 is 1.59. The number of fused-ring (bicyclic) bond motifs is 1. The van der Waals surface area contributed by atoms with Gasteiger partial charge in [-0.15, -0.1) is 11.3 Å². The van der Waals surface area contributed by atoms with Gasteiger partial charge in [-0.25, -0.2) is 4.98 Å². The van der Waals surface area contributed by atoms with Gasteiger partial charge < -0.3 is 4.74 Å². The van der Waals surface area contributed by atoms with Gasteiger partial charge in [0.2, 0.25) is 0 Å². The second kappa shape index (κ2) is 3.38. The van der Waals surface area contributed by atoms with Gasteiger partial charge in [-0.05, 0) is 13.0 Å². The predicted octanol–water partition coefficient (Wildman–Crippen LogP) is 2.43. The topological polar surface area (TPSA) is 39.2 Å². The molecule has 0 atom stereocenters. The molecule has 1 aromatic heterocycles. The van der Waals surface area contributed by atoms with Crippen LogP contribution in [0.15, 0.2) is 12.1 Å². The van der Waals surface area contributed by atoms with Crippen LogP contribution >= 0.6 is 11.3 Å².